The highest BCUT2D eigenvalue weighted by molar-refractivity contribution is 6.80. The highest BCUT2D eigenvalue weighted by Gasteiger charge is 2.34. The molecule has 1 aromatic rings. The standard InChI is InChI=1S/C11H17NO2Si/c1-15(2,3)10(11(13)14)8-4-6-9(12)7-5-8/h4-7,10H,12H2,1-3H3,(H,13,14). The van der Waals surface area contributed by atoms with E-state index < -0.39 is 14.0 Å². The van der Waals surface area contributed by atoms with Crippen molar-refractivity contribution in [2.75, 3.05) is 5.73 Å². The molecule has 0 saturated heterocycles. The zero-order chi connectivity index (χ0) is 11.6. The summed E-state index contributed by atoms with van der Waals surface area (Å²) in [7, 11) is -1.75. The lowest BCUT2D eigenvalue weighted by Gasteiger charge is -2.25. The third-order valence-corrected chi connectivity index (χ3v) is 4.70. The van der Waals surface area contributed by atoms with Gasteiger partial charge in [-0.05, 0) is 17.7 Å². The van der Waals surface area contributed by atoms with Gasteiger partial charge < -0.3 is 10.8 Å². The lowest BCUT2D eigenvalue weighted by atomic mass is 10.1. The maximum absolute atomic E-state index is 11.2. The van der Waals surface area contributed by atoms with E-state index in [1.807, 2.05) is 12.1 Å². The largest absolute Gasteiger partial charge is 0.481 e. The predicted octanol–water partition coefficient (Wildman–Crippen LogP) is 2.31. The second-order valence-electron chi connectivity index (χ2n) is 4.80. The van der Waals surface area contributed by atoms with Crippen molar-refractivity contribution >= 4 is 19.7 Å². The van der Waals surface area contributed by atoms with Crippen molar-refractivity contribution < 1.29 is 9.90 Å². The van der Waals surface area contributed by atoms with Crippen molar-refractivity contribution in [2.45, 2.75) is 25.2 Å². The van der Waals surface area contributed by atoms with Crippen molar-refractivity contribution in [2.24, 2.45) is 0 Å². The van der Waals surface area contributed by atoms with Gasteiger partial charge in [0.05, 0.1) is 13.6 Å². The minimum absolute atomic E-state index is 0.363. The summed E-state index contributed by atoms with van der Waals surface area (Å²) in [4.78, 5) is 11.2. The van der Waals surface area contributed by atoms with Crippen LogP contribution in [0.25, 0.3) is 0 Å². The number of carboxylic acids is 1. The SMILES string of the molecule is C[Si](C)(C)C(C(=O)O)c1ccc(N)cc1. The number of carbonyl (C=O) groups is 1. The van der Waals surface area contributed by atoms with Gasteiger partial charge in [-0.1, -0.05) is 31.8 Å². The fraction of sp³-hybridized carbons (Fsp3) is 0.364. The van der Waals surface area contributed by atoms with Crippen LogP contribution in [0.1, 0.15) is 11.1 Å². The third kappa shape index (κ3) is 2.83. The fourth-order valence-corrected chi connectivity index (χ4v) is 3.63. The van der Waals surface area contributed by atoms with E-state index in [1.165, 1.54) is 0 Å². The predicted molar refractivity (Wildman–Crippen MR) is 64.6 cm³/mol. The van der Waals surface area contributed by atoms with Crippen molar-refractivity contribution in [3.05, 3.63) is 29.8 Å². The highest BCUT2D eigenvalue weighted by atomic mass is 28.3. The number of hydrogen-bond acceptors (Lipinski definition) is 2. The molecule has 15 heavy (non-hydrogen) atoms. The number of benzene rings is 1. The summed E-state index contributed by atoms with van der Waals surface area (Å²) in [5.74, 6) is -0.737. The number of nitrogens with two attached hydrogens (primary N) is 1. The minimum atomic E-state index is -1.75. The average Bonchev–Trinajstić information content (AvgIpc) is 2.05. The monoisotopic (exact) mass is 223 g/mol. The van der Waals surface area contributed by atoms with Crippen LogP contribution in [0.5, 0.6) is 0 Å². The number of aliphatic carboxylic acids is 1. The smallest absolute Gasteiger partial charge is 0.308 e. The van der Waals surface area contributed by atoms with E-state index in [-0.39, 0.29) is 5.54 Å². The molecule has 0 bridgehead atoms. The topological polar surface area (TPSA) is 63.3 Å². The van der Waals surface area contributed by atoms with Gasteiger partial charge in [-0.25, -0.2) is 0 Å². The van der Waals surface area contributed by atoms with Crippen LogP contribution < -0.4 is 5.73 Å². The van der Waals surface area contributed by atoms with Gasteiger partial charge in [0.2, 0.25) is 0 Å². The van der Waals surface area contributed by atoms with Gasteiger partial charge in [0.25, 0.3) is 0 Å². The molecule has 0 aliphatic heterocycles. The van der Waals surface area contributed by atoms with E-state index >= 15 is 0 Å². The van der Waals surface area contributed by atoms with Gasteiger partial charge in [0.1, 0.15) is 0 Å². The van der Waals surface area contributed by atoms with Gasteiger partial charge >= 0.3 is 5.97 Å². The summed E-state index contributed by atoms with van der Waals surface area (Å²) in [6.45, 7) is 6.17. The Morgan fingerprint density at radius 1 is 1.27 bits per heavy atom. The first-order valence-electron chi connectivity index (χ1n) is 4.90. The molecule has 1 atom stereocenters. The molecule has 0 aliphatic rings. The van der Waals surface area contributed by atoms with Gasteiger partial charge in [-0.15, -0.1) is 0 Å². The molecule has 3 nitrogen and oxygen atoms in total. The van der Waals surface area contributed by atoms with Crippen molar-refractivity contribution in [3.63, 3.8) is 0 Å². The van der Waals surface area contributed by atoms with Crippen molar-refractivity contribution in [1.82, 2.24) is 0 Å². The summed E-state index contributed by atoms with van der Waals surface area (Å²) < 4.78 is 0. The molecule has 0 saturated carbocycles. The lowest BCUT2D eigenvalue weighted by Crippen LogP contribution is -2.36. The number of carboxylic acid groups (broad SMARTS) is 1. The molecule has 0 aliphatic carbocycles. The van der Waals surface area contributed by atoms with Crippen molar-refractivity contribution in [3.8, 4) is 0 Å². The molecule has 0 fully saturated rings. The molecule has 82 valence electrons. The first kappa shape index (κ1) is 11.8. The summed E-state index contributed by atoms with van der Waals surface area (Å²) >= 11 is 0. The zero-order valence-electron chi connectivity index (χ0n) is 9.32. The Labute approximate surface area is 90.9 Å². The molecule has 4 heteroatoms. The third-order valence-electron chi connectivity index (χ3n) is 2.38. The quantitative estimate of drug-likeness (QED) is 0.610. The molecule has 0 aromatic heterocycles. The second-order valence-corrected chi connectivity index (χ2v) is 10.1. The fourth-order valence-electron chi connectivity index (χ4n) is 1.70. The second kappa shape index (κ2) is 4.06. The van der Waals surface area contributed by atoms with Gasteiger partial charge in [-0.3, -0.25) is 4.79 Å². The lowest BCUT2D eigenvalue weighted by molar-refractivity contribution is -0.136. The molecule has 0 heterocycles. The van der Waals surface area contributed by atoms with E-state index in [2.05, 4.69) is 19.6 Å². The Morgan fingerprint density at radius 2 is 1.73 bits per heavy atom. The Kier molecular flexibility index (Phi) is 3.19. The van der Waals surface area contributed by atoms with Crippen LogP contribution in [0.4, 0.5) is 5.69 Å². The summed E-state index contributed by atoms with van der Waals surface area (Å²) in [5.41, 5.74) is 6.74. The first-order valence-corrected chi connectivity index (χ1v) is 8.48. The summed E-state index contributed by atoms with van der Waals surface area (Å²) in [5, 5.41) is 9.24. The maximum Gasteiger partial charge on any atom is 0.308 e. The van der Waals surface area contributed by atoms with Crippen LogP contribution in [0.3, 0.4) is 0 Å². The highest BCUT2D eigenvalue weighted by Crippen LogP contribution is 2.27. The molecule has 3 N–H and O–H groups in total. The Bertz CT molecular complexity index is 354. The molecule has 1 aromatic carbocycles. The van der Waals surface area contributed by atoms with E-state index in [9.17, 15) is 9.90 Å². The minimum Gasteiger partial charge on any atom is -0.481 e. The van der Waals surface area contributed by atoms with Crippen LogP contribution in [0.15, 0.2) is 24.3 Å². The van der Waals surface area contributed by atoms with Gasteiger partial charge in [-0.2, -0.15) is 0 Å². The van der Waals surface area contributed by atoms with Gasteiger partial charge in [0, 0.05) is 5.69 Å². The Hall–Kier alpha value is -1.29. The van der Waals surface area contributed by atoms with E-state index in [1.54, 1.807) is 12.1 Å². The molecule has 1 rings (SSSR count). The molecule has 0 amide bonds. The number of anilines is 1. The molecule has 0 spiro atoms. The van der Waals surface area contributed by atoms with E-state index in [0.717, 1.165) is 5.56 Å². The Balaban J connectivity index is 3.11. The molecular weight excluding hydrogens is 206 g/mol. The summed E-state index contributed by atoms with van der Waals surface area (Å²) in [6.07, 6.45) is 0. The Morgan fingerprint density at radius 3 is 2.07 bits per heavy atom. The van der Waals surface area contributed by atoms with Crippen LogP contribution in [-0.2, 0) is 4.79 Å². The van der Waals surface area contributed by atoms with Crippen molar-refractivity contribution in [1.29, 1.82) is 0 Å². The molecule has 0 radical (unpaired) electrons. The molecule has 1 unspecified atom stereocenters. The van der Waals surface area contributed by atoms with Crippen LogP contribution in [-0.4, -0.2) is 19.1 Å². The van der Waals surface area contributed by atoms with Gasteiger partial charge in [0.15, 0.2) is 0 Å². The number of nitrogen functional groups attached to an aromatic ring is 1. The van der Waals surface area contributed by atoms with Crippen LogP contribution in [0.2, 0.25) is 19.6 Å². The zero-order valence-corrected chi connectivity index (χ0v) is 10.3. The summed E-state index contributed by atoms with van der Waals surface area (Å²) in [6, 6.07) is 7.13. The normalized spacial score (nSPS) is 13.5. The van der Waals surface area contributed by atoms with Crippen LogP contribution >= 0.6 is 0 Å². The first-order chi connectivity index (χ1) is 6.82. The van der Waals surface area contributed by atoms with Crippen LogP contribution in [0, 0.1) is 0 Å². The maximum atomic E-state index is 11.2. The van der Waals surface area contributed by atoms with E-state index in [0.29, 0.717) is 5.69 Å². The van der Waals surface area contributed by atoms with E-state index in [4.69, 9.17) is 5.73 Å². The number of rotatable bonds is 3. The average molecular weight is 223 g/mol. The molecular formula is C11H17NO2Si. The number of hydrogen-bond donors (Lipinski definition) is 2.